The molecule has 0 amide bonds. The molecule has 0 saturated heterocycles. The molecule has 3 aromatic rings. The molecule has 1 heterocycles. The number of aromatic nitrogens is 3. The van der Waals surface area contributed by atoms with E-state index in [1.807, 2.05) is 6.07 Å². The van der Waals surface area contributed by atoms with Gasteiger partial charge in [0.2, 0.25) is 0 Å². The van der Waals surface area contributed by atoms with E-state index in [0.717, 1.165) is 0 Å². The van der Waals surface area contributed by atoms with E-state index in [0.29, 0.717) is 22.2 Å². The van der Waals surface area contributed by atoms with Gasteiger partial charge in [0.05, 0.1) is 24.0 Å². The molecule has 0 fully saturated rings. The number of hydrogen-bond acceptors (Lipinski definition) is 5. The molecule has 0 atom stereocenters. The number of esters is 1. The van der Waals surface area contributed by atoms with Gasteiger partial charge in [0.1, 0.15) is 0 Å². The van der Waals surface area contributed by atoms with Crippen LogP contribution in [0.2, 0.25) is 5.02 Å². The average Bonchev–Trinajstić information content (AvgIpc) is 3.05. The third-order valence-corrected chi connectivity index (χ3v) is 3.39. The van der Waals surface area contributed by atoms with Crippen molar-refractivity contribution in [2.75, 3.05) is 7.11 Å². The Balaban J connectivity index is 1.83. The Hall–Kier alpha value is -2.86. The van der Waals surface area contributed by atoms with Crippen molar-refractivity contribution in [3.63, 3.8) is 0 Å². The Morgan fingerprint density at radius 1 is 1.09 bits per heavy atom. The van der Waals surface area contributed by atoms with E-state index >= 15 is 0 Å². The third-order valence-electron chi connectivity index (χ3n) is 3.07. The summed E-state index contributed by atoms with van der Waals surface area (Å²) in [4.78, 5) is 12.2. The first-order valence-electron chi connectivity index (χ1n) is 6.71. The van der Waals surface area contributed by atoms with Crippen molar-refractivity contribution in [2.45, 2.75) is 0 Å². The molecule has 0 aliphatic rings. The normalized spacial score (nSPS) is 10.3. The monoisotopic (exact) mass is 329 g/mol. The maximum absolute atomic E-state index is 12.2. The predicted octanol–water partition coefficient (Wildman–Crippen LogP) is 3.15. The molecular weight excluding hydrogens is 318 g/mol. The number of carbonyl (C=O) groups excluding carboxylic acids is 1. The summed E-state index contributed by atoms with van der Waals surface area (Å²) < 4.78 is 11.8. The lowest BCUT2D eigenvalue weighted by molar-refractivity contribution is 0.0723. The lowest BCUT2D eigenvalue weighted by Crippen LogP contribution is -2.09. The van der Waals surface area contributed by atoms with Crippen LogP contribution < -0.4 is 9.47 Å². The van der Waals surface area contributed by atoms with E-state index in [-0.39, 0.29) is 5.69 Å². The number of hydrogen-bond donors (Lipinski definition) is 0. The molecule has 2 aromatic carbocycles. The molecule has 0 bridgehead atoms. The standard InChI is InChI=1S/C16H12ClN3O3/c1-22-14-8-4-5-9-15(14)23-16(21)12-10-20(19-18-12)13-7-3-2-6-11(13)17/h2-10H,1H3. The second-order valence-corrected chi connectivity index (χ2v) is 4.95. The lowest BCUT2D eigenvalue weighted by atomic mass is 10.3. The van der Waals surface area contributed by atoms with E-state index < -0.39 is 5.97 Å². The zero-order valence-electron chi connectivity index (χ0n) is 12.1. The topological polar surface area (TPSA) is 66.2 Å². The summed E-state index contributed by atoms with van der Waals surface area (Å²) in [5, 5.41) is 8.23. The van der Waals surface area contributed by atoms with Gasteiger partial charge in [-0.2, -0.15) is 0 Å². The number of benzene rings is 2. The SMILES string of the molecule is COc1ccccc1OC(=O)c1cn(-c2ccccc2Cl)nn1. The van der Waals surface area contributed by atoms with E-state index in [1.54, 1.807) is 42.5 Å². The van der Waals surface area contributed by atoms with Gasteiger partial charge in [-0.25, -0.2) is 9.48 Å². The molecule has 0 unspecified atom stereocenters. The van der Waals surface area contributed by atoms with Crippen LogP contribution in [0.1, 0.15) is 10.5 Å². The maximum atomic E-state index is 12.2. The first-order chi connectivity index (χ1) is 11.2. The van der Waals surface area contributed by atoms with Crippen molar-refractivity contribution >= 4 is 17.6 Å². The second-order valence-electron chi connectivity index (χ2n) is 4.54. The van der Waals surface area contributed by atoms with E-state index in [1.165, 1.54) is 18.0 Å². The van der Waals surface area contributed by atoms with Crippen LogP contribution in [0.3, 0.4) is 0 Å². The Labute approximate surface area is 137 Å². The molecule has 6 nitrogen and oxygen atoms in total. The minimum absolute atomic E-state index is 0.0656. The molecule has 1 aromatic heterocycles. The summed E-state index contributed by atoms with van der Waals surface area (Å²) in [6, 6.07) is 14.0. The first kappa shape index (κ1) is 15.1. The molecular formula is C16H12ClN3O3. The molecule has 116 valence electrons. The molecule has 0 spiro atoms. The quantitative estimate of drug-likeness (QED) is 0.543. The van der Waals surface area contributed by atoms with Crippen LogP contribution in [0.15, 0.2) is 54.7 Å². The second kappa shape index (κ2) is 6.50. The zero-order valence-corrected chi connectivity index (χ0v) is 12.9. The molecule has 23 heavy (non-hydrogen) atoms. The largest absolute Gasteiger partial charge is 0.493 e. The number of methoxy groups -OCH3 is 1. The molecule has 0 aliphatic carbocycles. The number of halogens is 1. The van der Waals surface area contributed by atoms with Gasteiger partial charge in [-0.3, -0.25) is 0 Å². The van der Waals surface area contributed by atoms with E-state index in [9.17, 15) is 4.79 Å². The van der Waals surface area contributed by atoms with Crippen LogP contribution in [0, 0.1) is 0 Å². The summed E-state index contributed by atoms with van der Waals surface area (Å²) in [6.07, 6.45) is 1.46. The molecule has 0 saturated carbocycles. The number of para-hydroxylation sites is 3. The predicted molar refractivity (Wildman–Crippen MR) is 84.3 cm³/mol. The van der Waals surface area contributed by atoms with Crippen molar-refractivity contribution in [3.8, 4) is 17.2 Å². The van der Waals surface area contributed by atoms with Crippen molar-refractivity contribution in [2.24, 2.45) is 0 Å². The van der Waals surface area contributed by atoms with Crippen molar-refractivity contribution in [3.05, 3.63) is 65.4 Å². The zero-order chi connectivity index (χ0) is 16.2. The van der Waals surface area contributed by atoms with Crippen LogP contribution in [0.25, 0.3) is 5.69 Å². The number of carbonyl (C=O) groups is 1. The van der Waals surface area contributed by atoms with Crippen molar-refractivity contribution in [1.29, 1.82) is 0 Å². The fraction of sp³-hybridized carbons (Fsp3) is 0.0625. The molecule has 0 aliphatic heterocycles. The minimum Gasteiger partial charge on any atom is -0.493 e. The summed E-state index contributed by atoms with van der Waals surface area (Å²) in [6.45, 7) is 0. The van der Waals surface area contributed by atoms with Gasteiger partial charge in [-0.05, 0) is 24.3 Å². The van der Waals surface area contributed by atoms with Gasteiger partial charge < -0.3 is 9.47 Å². The Kier molecular flexibility index (Phi) is 4.25. The highest BCUT2D eigenvalue weighted by Crippen LogP contribution is 2.26. The lowest BCUT2D eigenvalue weighted by Gasteiger charge is -2.07. The summed E-state index contributed by atoms with van der Waals surface area (Å²) in [7, 11) is 1.50. The van der Waals surface area contributed by atoms with Crippen molar-refractivity contribution in [1.82, 2.24) is 15.0 Å². The number of nitrogens with zero attached hydrogens (tertiary/aromatic N) is 3. The molecule has 0 radical (unpaired) electrons. The van der Waals surface area contributed by atoms with Gasteiger partial charge in [0.15, 0.2) is 17.2 Å². The van der Waals surface area contributed by atoms with E-state index in [4.69, 9.17) is 21.1 Å². The summed E-state index contributed by atoms with van der Waals surface area (Å²) >= 11 is 6.10. The fourth-order valence-electron chi connectivity index (χ4n) is 1.97. The third kappa shape index (κ3) is 3.17. The summed E-state index contributed by atoms with van der Waals surface area (Å²) in [5.41, 5.74) is 0.689. The van der Waals surface area contributed by atoms with Gasteiger partial charge in [-0.15, -0.1) is 5.10 Å². The Morgan fingerprint density at radius 2 is 1.78 bits per heavy atom. The number of ether oxygens (including phenoxy) is 2. The van der Waals surface area contributed by atoms with Gasteiger partial charge in [0, 0.05) is 0 Å². The Morgan fingerprint density at radius 3 is 2.52 bits per heavy atom. The van der Waals surface area contributed by atoms with Gasteiger partial charge in [-0.1, -0.05) is 41.1 Å². The maximum Gasteiger partial charge on any atom is 0.366 e. The van der Waals surface area contributed by atoms with Crippen molar-refractivity contribution < 1.29 is 14.3 Å². The molecule has 0 N–H and O–H groups in total. The van der Waals surface area contributed by atoms with Crippen LogP contribution in [-0.2, 0) is 0 Å². The average molecular weight is 330 g/mol. The number of rotatable bonds is 4. The smallest absolute Gasteiger partial charge is 0.366 e. The van der Waals surface area contributed by atoms with E-state index in [2.05, 4.69) is 10.3 Å². The summed E-state index contributed by atoms with van der Waals surface area (Å²) in [5.74, 6) is 0.138. The highest BCUT2D eigenvalue weighted by Gasteiger charge is 2.16. The highest BCUT2D eigenvalue weighted by molar-refractivity contribution is 6.32. The first-order valence-corrected chi connectivity index (χ1v) is 7.09. The van der Waals surface area contributed by atoms with Gasteiger partial charge >= 0.3 is 5.97 Å². The van der Waals surface area contributed by atoms with Crippen LogP contribution >= 0.6 is 11.6 Å². The molecule has 7 heteroatoms. The Bertz CT molecular complexity index is 848. The van der Waals surface area contributed by atoms with Gasteiger partial charge in [0.25, 0.3) is 0 Å². The molecule has 3 rings (SSSR count). The van der Waals surface area contributed by atoms with Crippen LogP contribution in [0.4, 0.5) is 0 Å². The van der Waals surface area contributed by atoms with Crippen LogP contribution in [-0.4, -0.2) is 28.1 Å². The fourth-order valence-corrected chi connectivity index (χ4v) is 2.19. The minimum atomic E-state index is -0.632. The van der Waals surface area contributed by atoms with Crippen LogP contribution in [0.5, 0.6) is 11.5 Å². The highest BCUT2D eigenvalue weighted by atomic mass is 35.5.